The molecule has 156 valence electrons. The van der Waals surface area contributed by atoms with E-state index in [0.717, 1.165) is 66.0 Å². The third-order valence-corrected chi connectivity index (χ3v) is 5.54. The van der Waals surface area contributed by atoms with Crippen molar-refractivity contribution in [1.29, 1.82) is 0 Å². The monoisotopic (exact) mass is 396 g/mol. The number of rotatable bonds is 5. The molecule has 1 aliphatic rings. The molecule has 2 aromatic heterocycles. The minimum Gasteiger partial charge on any atom is -0.481 e. The number of fused-ring (bicyclic) bond motifs is 3. The molecule has 1 unspecified atom stereocenters. The first-order valence-electron chi connectivity index (χ1n) is 10.9. The van der Waals surface area contributed by atoms with Crippen molar-refractivity contribution in [3.63, 3.8) is 0 Å². The van der Waals surface area contributed by atoms with Gasteiger partial charge in [0.05, 0.1) is 11.4 Å². The Balaban J connectivity index is 0.00000117. The zero-order valence-corrected chi connectivity index (χ0v) is 18.0. The normalized spacial score (nSPS) is 15.2. The van der Waals surface area contributed by atoms with Crippen LogP contribution in [0.1, 0.15) is 70.1 Å². The van der Waals surface area contributed by atoms with E-state index in [1.54, 1.807) is 0 Å². The number of nitrogens with zero attached hydrogens (tertiary/aromatic N) is 4. The second-order valence-corrected chi connectivity index (χ2v) is 7.41. The van der Waals surface area contributed by atoms with Crippen molar-refractivity contribution in [2.45, 2.75) is 65.7 Å². The van der Waals surface area contributed by atoms with Gasteiger partial charge in [0.1, 0.15) is 5.82 Å². The van der Waals surface area contributed by atoms with Gasteiger partial charge in [0.25, 0.3) is 0 Å². The maximum Gasteiger partial charge on any atom is 0.311 e. The van der Waals surface area contributed by atoms with Gasteiger partial charge in [0.2, 0.25) is 0 Å². The number of hydrogen-bond donors (Lipinski definition) is 1. The van der Waals surface area contributed by atoms with E-state index >= 15 is 0 Å². The van der Waals surface area contributed by atoms with Gasteiger partial charge in [-0.1, -0.05) is 39.3 Å². The van der Waals surface area contributed by atoms with Gasteiger partial charge in [-0.2, -0.15) is 9.61 Å². The lowest BCUT2D eigenvalue weighted by Crippen LogP contribution is -2.33. The highest BCUT2D eigenvalue weighted by atomic mass is 16.4. The number of carboxylic acid groups (broad SMARTS) is 1. The van der Waals surface area contributed by atoms with E-state index in [1.807, 2.05) is 56.5 Å². The van der Waals surface area contributed by atoms with E-state index in [4.69, 9.17) is 10.1 Å². The van der Waals surface area contributed by atoms with Crippen LogP contribution in [0.25, 0.3) is 16.6 Å². The topological polar surface area (TPSA) is 70.7 Å². The Bertz CT molecular complexity index is 989. The molecule has 1 fully saturated rings. The van der Waals surface area contributed by atoms with Crippen LogP contribution < -0.4 is 4.90 Å². The molecule has 1 atom stereocenters. The third kappa shape index (κ3) is 3.93. The lowest BCUT2D eigenvalue weighted by Gasteiger charge is -2.32. The minimum absolute atomic E-state index is 0.559. The van der Waals surface area contributed by atoms with Crippen molar-refractivity contribution < 1.29 is 9.90 Å². The van der Waals surface area contributed by atoms with E-state index in [2.05, 4.69) is 4.90 Å². The van der Waals surface area contributed by atoms with Gasteiger partial charge in [-0.15, -0.1) is 0 Å². The third-order valence-electron chi connectivity index (χ3n) is 5.54. The van der Waals surface area contributed by atoms with Crippen LogP contribution in [0.5, 0.6) is 0 Å². The summed E-state index contributed by atoms with van der Waals surface area (Å²) in [6.07, 6.45) is 4.88. The predicted octanol–water partition coefficient (Wildman–Crippen LogP) is 5.18. The Morgan fingerprint density at radius 1 is 1.17 bits per heavy atom. The highest BCUT2D eigenvalue weighted by Gasteiger charge is 2.30. The molecule has 1 saturated heterocycles. The molecule has 1 N–H and O–H groups in total. The van der Waals surface area contributed by atoms with Gasteiger partial charge in [-0.25, -0.2) is 4.98 Å². The van der Waals surface area contributed by atoms with Crippen LogP contribution in [-0.2, 0) is 4.79 Å². The maximum atomic E-state index is 12.1. The van der Waals surface area contributed by atoms with Crippen LogP contribution in [-0.4, -0.2) is 38.8 Å². The first kappa shape index (κ1) is 21.1. The molecule has 3 heterocycles. The zero-order chi connectivity index (χ0) is 21.0. The minimum atomic E-state index is -0.781. The van der Waals surface area contributed by atoms with Crippen LogP contribution in [0.3, 0.4) is 0 Å². The largest absolute Gasteiger partial charge is 0.481 e. The van der Waals surface area contributed by atoms with Crippen LogP contribution >= 0.6 is 0 Å². The van der Waals surface area contributed by atoms with Crippen molar-refractivity contribution in [3.8, 4) is 0 Å². The van der Waals surface area contributed by atoms with Gasteiger partial charge in [-0.3, -0.25) is 4.79 Å². The number of piperidine rings is 1. The van der Waals surface area contributed by atoms with Crippen LogP contribution in [0.4, 0.5) is 5.82 Å². The molecule has 1 aromatic carbocycles. The highest BCUT2D eigenvalue weighted by molar-refractivity contribution is 5.93. The van der Waals surface area contributed by atoms with Crippen LogP contribution in [0.15, 0.2) is 24.3 Å². The van der Waals surface area contributed by atoms with E-state index in [9.17, 15) is 9.90 Å². The summed E-state index contributed by atoms with van der Waals surface area (Å²) in [7, 11) is 0. The van der Waals surface area contributed by atoms with Crippen molar-refractivity contribution in [2.24, 2.45) is 0 Å². The highest BCUT2D eigenvalue weighted by Crippen LogP contribution is 2.36. The molecule has 0 radical (unpaired) electrons. The summed E-state index contributed by atoms with van der Waals surface area (Å²) in [6, 6.07) is 7.98. The number of benzene rings is 1. The number of anilines is 1. The Morgan fingerprint density at radius 3 is 2.52 bits per heavy atom. The Kier molecular flexibility index (Phi) is 6.72. The van der Waals surface area contributed by atoms with E-state index in [-0.39, 0.29) is 0 Å². The summed E-state index contributed by atoms with van der Waals surface area (Å²) in [5.41, 5.74) is 3.33. The molecule has 4 rings (SSSR count). The molecular formula is C23H32N4O2. The Hall–Kier alpha value is -2.63. The average Bonchev–Trinajstić information content (AvgIpc) is 3.11. The summed E-state index contributed by atoms with van der Waals surface area (Å²) >= 11 is 0. The molecule has 0 amide bonds. The molecule has 1 aliphatic heterocycles. The van der Waals surface area contributed by atoms with Crippen molar-refractivity contribution in [1.82, 2.24) is 14.6 Å². The van der Waals surface area contributed by atoms with Gasteiger partial charge >= 0.3 is 5.97 Å². The molecular weight excluding hydrogens is 364 g/mol. The molecule has 6 nitrogen and oxygen atoms in total. The van der Waals surface area contributed by atoms with Gasteiger partial charge < -0.3 is 10.0 Å². The van der Waals surface area contributed by atoms with Crippen molar-refractivity contribution in [2.75, 3.05) is 18.0 Å². The fraction of sp³-hybridized carbons (Fsp3) is 0.522. The smallest absolute Gasteiger partial charge is 0.311 e. The standard InChI is InChI=1S/C21H26N4O2.C2H6/c1-3-9-16(21(26)27)18-14(2)22-19-15-10-5-6-11-17(15)23-25(19)20(18)24-12-7-4-8-13-24;1-2/h5-6,10-11,16H,3-4,7-9,12-13H2,1-2H3,(H,26,27);1-2H3. The lowest BCUT2D eigenvalue weighted by molar-refractivity contribution is -0.139. The summed E-state index contributed by atoms with van der Waals surface area (Å²) < 4.78 is 1.89. The second-order valence-electron chi connectivity index (χ2n) is 7.41. The molecule has 6 heteroatoms. The second kappa shape index (κ2) is 9.25. The van der Waals surface area contributed by atoms with E-state index in [0.29, 0.717) is 6.42 Å². The molecule has 0 bridgehead atoms. The Morgan fingerprint density at radius 2 is 1.86 bits per heavy atom. The molecule has 0 spiro atoms. The SMILES string of the molecule is CC.CCCC(C(=O)O)c1c(C)nc2c3ccccc3nn2c1N1CCCCC1. The quantitative estimate of drug-likeness (QED) is 0.644. The van der Waals surface area contributed by atoms with E-state index in [1.165, 1.54) is 6.42 Å². The predicted molar refractivity (Wildman–Crippen MR) is 118 cm³/mol. The van der Waals surface area contributed by atoms with Gasteiger partial charge in [-0.05, 0) is 44.7 Å². The number of aliphatic carboxylic acids is 1. The van der Waals surface area contributed by atoms with Crippen molar-refractivity contribution in [3.05, 3.63) is 35.5 Å². The molecule has 3 aromatic rings. The first-order valence-corrected chi connectivity index (χ1v) is 10.9. The zero-order valence-electron chi connectivity index (χ0n) is 18.0. The number of carbonyl (C=O) groups is 1. The molecule has 0 saturated carbocycles. The van der Waals surface area contributed by atoms with Crippen molar-refractivity contribution >= 4 is 28.3 Å². The summed E-state index contributed by atoms with van der Waals surface area (Å²) in [6.45, 7) is 9.83. The van der Waals surface area contributed by atoms with Gasteiger partial charge in [0.15, 0.2) is 5.65 Å². The first-order chi connectivity index (χ1) is 14.1. The van der Waals surface area contributed by atoms with E-state index < -0.39 is 11.9 Å². The fourth-order valence-corrected chi connectivity index (χ4v) is 4.27. The van der Waals surface area contributed by atoms with Crippen LogP contribution in [0.2, 0.25) is 0 Å². The number of hydrogen-bond acceptors (Lipinski definition) is 4. The molecule has 29 heavy (non-hydrogen) atoms. The number of aromatic nitrogens is 3. The Labute approximate surface area is 172 Å². The summed E-state index contributed by atoms with van der Waals surface area (Å²) in [5.74, 6) is -0.415. The number of carboxylic acids is 1. The maximum absolute atomic E-state index is 12.1. The fourth-order valence-electron chi connectivity index (χ4n) is 4.27. The average molecular weight is 397 g/mol. The summed E-state index contributed by atoms with van der Waals surface area (Å²) in [5, 5.41) is 15.8. The lowest BCUT2D eigenvalue weighted by atomic mass is 9.92. The molecule has 0 aliphatic carbocycles. The van der Waals surface area contributed by atoms with Crippen LogP contribution in [0, 0.1) is 6.92 Å². The summed E-state index contributed by atoms with van der Waals surface area (Å²) in [4.78, 5) is 19.2. The number of aryl methyl sites for hydroxylation is 1. The van der Waals surface area contributed by atoms with Gasteiger partial charge in [0, 0.05) is 29.7 Å².